The minimum Gasteiger partial charge on any atom is -0.0654 e. The Kier molecular flexibility index (Phi) is 8.75. The van der Waals surface area contributed by atoms with Crippen LogP contribution in [-0.4, -0.2) is 0 Å². The lowest BCUT2D eigenvalue weighted by molar-refractivity contribution is 0.340. The molecular weight excluding hydrogens is 384 g/mol. The van der Waals surface area contributed by atoms with Crippen LogP contribution in [0.2, 0.25) is 0 Å². The number of rotatable bonds is 20. The van der Waals surface area contributed by atoms with Crippen molar-refractivity contribution in [2.45, 2.75) is 156 Å². The molecule has 32 heavy (non-hydrogen) atoms. The van der Waals surface area contributed by atoms with Crippen molar-refractivity contribution in [2.24, 2.45) is 46.3 Å². The van der Waals surface area contributed by atoms with Gasteiger partial charge in [-0.3, -0.25) is 0 Å². The van der Waals surface area contributed by atoms with Gasteiger partial charge in [-0.1, -0.05) is 111 Å². The van der Waals surface area contributed by atoms with Gasteiger partial charge in [0.2, 0.25) is 0 Å². The normalized spacial score (nSPS) is 36.6. The second kappa shape index (κ2) is 11.2. The van der Waals surface area contributed by atoms with Gasteiger partial charge in [-0.2, -0.15) is 0 Å². The van der Waals surface area contributed by atoms with Crippen LogP contribution in [0.3, 0.4) is 0 Å². The van der Waals surface area contributed by atoms with Crippen LogP contribution in [0.25, 0.3) is 0 Å². The van der Waals surface area contributed by atoms with Gasteiger partial charge in [0.05, 0.1) is 0 Å². The van der Waals surface area contributed by atoms with Crippen LogP contribution < -0.4 is 0 Å². The van der Waals surface area contributed by atoms with Crippen molar-refractivity contribution in [3.05, 3.63) is 0 Å². The summed E-state index contributed by atoms with van der Waals surface area (Å²) in [6.45, 7) is 9.94. The summed E-state index contributed by atoms with van der Waals surface area (Å²) in [6, 6.07) is 0. The fourth-order valence-electron chi connectivity index (χ4n) is 8.09. The lowest BCUT2D eigenvalue weighted by Crippen LogP contribution is -2.06. The first kappa shape index (κ1) is 25.1. The van der Waals surface area contributed by atoms with Crippen LogP contribution in [0.1, 0.15) is 156 Å². The van der Waals surface area contributed by atoms with Crippen molar-refractivity contribution in [2.75, 3.05) is 0 Å². The Morgan fingerprint density at radius 2 is 1.31 bits per heavy atom. The van der Waals surface area contributed by atoms with E-state index in [4.69, 9.17) is 0 Å². The van der Waals surface area contributed by atoms with E-state index in [-0.39, 0.29) is 0 Å². The molecule has 0 aromatic heterocycles. The molecule has 186 valence electrons. The lowest BCUT2D eigenvalue weighted by Gasteiger charge is -2.17. The molecule has 0 heterocycles. The molecular formula is C32H58. The smallest absolute Gasteiger partial charge is 0.0292 e. The zero-order chi connectivity index (χ0) is 22.6. The maximum absolute atomic E-state index is 2.61. The van der Waals surface area contributed by atoms with Gasteiger partial charge in [0.25, 0.3) is 0 Å². The predicted octanol–water partition coefficient (Wildman–Crippen LogP) is 10.6. The molecule has 0 aromatic carbocycles. The van der Waals surface area contributed by atoms with E-state index in [0.717, 1.165) is 22.7 Å². The first-order valence-corrected chi connectivity index (χ1v) is 15.5. The maximum atomic E-state index is 2.61. The van der Waals surface area contributed by atoms with E-state index in [1.165, 1.54) is 139 Å². The third kappa shape index (κ3) is 6.56. The molecule has 0 amide bonds. The topological polar surface area (TPSA) is 0 Å². The highest BCUT2D eigenvalue weighted by atomic mass is 14.8. The van der Waals surface area contributed by atoms with E-state index in [9.17, 15) is 0 Å². The zero-order valence-corrected chi connectivity index (χ0v) is 22.6. The summed E-state index contributed by atoms with van der Waals surface area (Å²) in [5, 5.41) is 0. The predicted molar refractivity (Wildman–Crippen MR) is 141 cm³/mol. The van der Waals surface area contributed by atoms with Crippen LogP contribution in [0, 0.1) is 46.3 Å². The molecule has 4 fully saturated rings. The van der Waals surface area contributed by atoms with Crippen molar-refractivity contribution >= 4 is 0 Å². The molecule has 0 radical (unpaired) electrons. The molecule has 0 aliphatic heterocycles. The lowest BCUT2D eigenvalue weighted by atomic mass is 9.89. The van der Waals surface area contributed by atoms with E-state index in [1.54, 1.807) is 12.8 Å². The Hall–Kier alpha value is 0. The van der Waals surface area contributed by atoms with Crippen molar-refractivity contribution in [1.29, 1.82) is 0 Å². The maximum Gasteiger partial charge on any atom is -0.0292 e. The summed E-state index contributed by atoms with van der Waals surface area (Å²) < 4.78 is 0. The number of fused-ring (bicyclic) bond motifs is 1. The second-order valence-electron chi connectivity index (χ2n) is 13.7. The highest BCUT2D eigenvalue weighted by Crippen LogP contribution is 2.76. The van der Waals surface area contributed by atoms with Gasteiger partial charge in [-0.05, 0) is 91.3 Å². The molecule has 4 aliphatic carbocycles. The summed E-state index contributed by atoms with van der Waals surface area (Å²) in [5.74, 6) is 6.84. The van der Waals surface area contributed by atoms with Crippen LogP contribution in [0.15, 0.2) is 0 Å². The molecule has 5 atom stereocenters. The molecule has 0 spiro atoms. The standard InChI is InChI=1S/C32H58/c1-5-7-18-26-29-27(30(26)29)19-14-12-13-17-25(3)28-24-31(28,4)20-15-10-8-9-11-16-21-32(6-2)22-23-32/h25-30H,5-24H2,1-4H3. The molecule has 0 heteroatoms. The van der Waals surface area contributed by atoms with E-state index in [1.807, 2.05) is 0 Å². The minimum absolute atomic E-state index is 0.724. The Balaban J connectivity index is 0.929. The summed E-state index contributed by atoms with van der Waals surface area (Å²) in [5.41, 5.74) is 1.54. The van der Waals surface area contributed by atoms with E-state index < -0.39 is 0 Å². The molecule has 0 nitrogen and oxygen atoms in total. The average Bonchev–Trinajstić information content (AvgIpc) is 3.63. The van der Waals surface area contributed by atoms with Gasteiger partial charge in [-0.15, -0.1) is 0 Å². The minimum atomic E-state index is 0.724. The van der Waals surface area contributed by atoms with E-state index >= 15 is 0 Å². The Bertz CT molecular complexity index is 548. The van der Waals surface area contributed by atoms with Crippen LogP contribution in [0.4, 0.5) is 0 Å². The molecule has 5 unspecified atom stereocenters. The number of hydrogen-bond donors (Lipinski definition) is 0. The Labute approximate surface area is 202 Å². The van der Waals surface area contributed by atoms with Gasteiger partial charge >= 0.3 is 0 Å². The van der Waals surface area contributed by atoms with E-state index in [2.05, 4.69) is 27.7 Å². The van der Waals surface area contributed by atoms with Crippen molar-refractivity contribution in [1.82, 2.24) is 0 Å². The van der Waals surface area contributed by atoms with Gasteiger partial charge in [0.1, 0.15) is 0 Å². The first-order chi connectivity index (χ1) is 15.5. The first-order valence-electron chi connectivity index (χ1n) is 15.5. The van der Waals surface area contributed by atoms with Gasteiger partial charge in [-0.25, -0.2) is 0 Å². The fourth-order valence-corrected chi connectivity index (χ4v) is 8.09. The fraction of sp³-hybridized carbons (Fsp3) is 1.00. The van der Waals surface area contributed by atoms with E-state index in [0.29, 0.717) is 0 Å². The molecule has 4 aliphatic rings. The summed E-state index contributed by atoms with van der Waals surface area (Å²) in [7, 11) is 0. The molecule has 0 saturated heterocycles. The zero-order valence-electron chi connectivity index (χ0n) is 22.6. The highest BCUT2D eigenvalue weighted by Gasteiger charge is 2.71. The van der Waals surface area contributed by atoms with Gasteiger partial charge in [0, 0.05) is 0 Å². The Morgan fingerprint density at radius 3 is 1.94 bits per heavy atom. The van der Waals surface area contributed by atoms with Crippen molar-refractivity contribution in [3.8, 4) is 0 Å². The SMILES string of the molecule is CCCCC1C2C(CCCCCC(C)C3CC3(C)CCCCCCCCC3(CC)CC3)C12. The summed E-state index contributed by atoms with van der Waals surface area (Å²) >= 11 is 0. The monoisotopic (exact) mass is 442 g/mol. The van der Waals surface area contributed by atoms with Crippen LogP contribution in [0.5, 0.6) is 0 Å². The summed E-state index contributed by atoms with van der Waals surface area (Å²) in [4.78, 5) is 0. The third-order valence-electron chi connectivity index (χ3n) is 11.2. The van der Waals surface area contributed by atoms with Crippen molar-refractivity contribution < 1.29 is 0 Å². The molecule has 0 N–H and O–H groups in total. The second-order valence-corrected chi connectivity index (χ2v) is 13.7. The quantitative estimate of drug-likeness (QED) is 0.164. The van der Waals surface area contributed by atoms with Gasteiger partial charge in [0.15, 0.2) is 0 Å². The average molecular weight is 443 g/mol. The van der Waals surface area contributed by atoms with Gasteiger partial charge < -0.3 is 0 Å². The third-order valence-corrected chi connectivity index (χ3v) is 11.2. The van der Waals surface area contributed by atoms with Crippen LogP contribution >= 0.6 is 0 Å². The highest BCUT2D eigenvalue weighted by molar-refractivity contribution is 5.18. The molecule has 4 saturated carbocycles. The van der Waals surface area contributed by atoms with Crippen LogP contribution in [-0.2, 0) is 0 Å². The number of unbranched alkanes of at least 4 members (excludes halogenated alkanes) is 8. The molecule has 4 rings (SSSR count). The largest absolute Gasteiger partial charge is 0.0654 e. The Morgan fingerprint density at radius 1 is 0.719 bits per heavy atom. The molecule has 0 aromatic rings. The molecule has 0 bridgehead atoms. The number of hydrogen-bond acceptors (Lipinski definition) is 0. The summed E-state index contributed by atoms with van der Waals surface area (Å²) in [6.07, 6.45) is 30.2. The van der Waals surface area contributed by atoms with Crippen molar-refractivity contribution in [3.63, 3.8) is 0 Å².